The van der Waals surface area contributed by atoms with E-state index in [4.69, 9.17) is 48.9 Å². The average Bonchev–Trinajstić information content (AvgIpc) is 1.56. The Labute approximate surface area is 859 Å². The molecule has 0 atom stereocenters. The van der Waals surface area contributed by atoms with Crippen molar-refractivity contribution < 1.29 is 114 Å². The summed E-state index contributed by atoms with van der Waals surface area (Å²) in [6, 6.07) is 39.9. The number of hydrogen-bond acceptors (Lipinski definition) is 22. The van der Waals surface area contributed by atoms with Gasteiger partial charge < -0.3 is 75.5 Å². The van der Waals surface area contributed by atoms with Crippen LogP contribution in [-0.4, -0.2) is 179 Å². The molecule has 11 aromatic rings. The molecule has 2 aliphatic carbocycles. The molecule has 7 heterocycles. The van der Waals surface area contributed by atoms with Gasteiger partial charge in [0.15, 0.2) is 17.3 Å². The third kappa shape index (κ3) is 25.0. The molecule has 2 fully saturated rings. The number of ketones is 4. The molecule has 0 saturated heterocycles. The van der Waals surface area contributed by atoms with Gasteiger partial charge in [-0.1, -0.05) is 62.2 Å². The Morgan fingerprint density at radius 1 is 0.393 bits per heavy atom. The number of rotatable bonds is 34. The maximum Gasteiger partial charge on any atom is 0.253 e. The van der Waals surface area contributed by atoms with Crippen LogP contribution in [0.3, 0.4) is 0 Å². The molecule has 2 saturated carbocycles. The summed E-state index contributed by atoms with van der Waals surface area (Å²) < 4.78 is 102. The van der Waals surface area contributed by atoms with Crippen LogP contribution in [-0.2, 0) is 86.2 Å². The van der Waals surface area contributed by atoms with Crippen molar-refractivity contribution in [1.29, 1.82) is 0 Å². The van der Waals surface area contributed by atoms with Crippen molar-refractivity contribution in [3.05, 3.63) is 334 Å². The van der Waals surface area contributed by atoms with E-state index in [1.54, 1.807) is 103 Å². The summed E-state index contributed by atoms with van der Waals surface area (Å²) in [4.78, 5) is 117. The van der Waals surface area contributed by atoms with Gasteiger partial charge in [0.25, 0.3) is 29.5 Å². The first-order valence-electron chi connectivity index (χ1n) is 44.7. The summed E-state index contributed by atoms with van der Waals surface area (Å²) >= 11 is 12.6. The van der Waals surface area contributed by atoms with Crippen LogP contribution in [0.2, 0.25) is 0 Å². The van der Waals surface area contributed by atoms with Crippen LogP contribution in [0.5, 0.6) is 0 Å². The Morgan fingerprint density at radius 2 is 0.757 bits per heavy atom. The number of pyridine rings is 1. The fourth-order valence-corrected chi connectivity index (χ4v) is 19.1. The Bertz CT molecular complexity index is 6120. The highest BCUT2D eigenvalue weighted by atomic mass is 127. The molecular formula is C103H96Br2F5I3N8O19. The summed E-state index contributed by atoms with van der Waals surface area (Å²) in [6.07, 6.45) is 5.27. The smallest absolute Gasteiger partial charge is 0.253 e. The van der Waals surface area contributed by atoms with Crippen molar-refractivity contribution in [2.45, 2.75) is 127 Å². The zero-order chi connectivity index (χ0) is 100. The van der Waals surface area contributed by atoms with E-state index in [0.717, 1.165) is 64.2 Å². The van der Waals surface area contributed by atoms with E-state index in [1.165, 1.54) is 30.3 Å². The van der Waals surface area contributed by atoms with Crippen LogP contribution < -0.4 is 26.6 Å². The molecule has 732 valence electrons. The lowest BCUT2D eigenvalue weighted by Gasteiger charge is -2.20. The monoisotopic (exact) mass is 2380 g/mol. The van der Waals surface area contributed by atoms with Gasteiger partial charge in [0, 0.05) is 116 Å². The van der Waals surface area contributed by atoms with Crippen LogP contribution in [0.4, 0.5) is 22.0 Å². The van der Waals surface area contributed by atoms with Crippen molar-refractivity contribution >= 4 is 152 Å². The summed E-state index contributed by atoms with van der Waals surface area (Å²) in [6.45, 7) is 6.65. The summed E-state index contributed by atoms with van der Waals surface area (Å²) in [5.74, 6) is -3.11. The van der Waals surface area contributed by atoms with Gasteiger partial charge in [0.2, 0.25) is 17.6 Å². The predicted molar refractivity (Wildman–Crippen MR) is 536 cm³/mol. The van der Waals surface area contributed by atoms with Crippen LogP contribution >= 0.6 is 99.6 Å². The van der Waals surface area contributed by atoms with E-state index in [-0.39, 0.29) is 199 Å². The number of nitrogens with zero attached hydrogens (tertiary/aromatic N) is 3. The number of aliphatic hydroxyl groups excluding tert-OH is 5. The highest BCUT2D eigenvalue weighted by molar-refractivity contribution is 14.1. The second-order valence-corrected chi connectivity index (χ2v) is 40.9. The van der Waals surface area contributed by atoms with Crippen LogP contribution in [0.1, 0.15) is 243 Å². The van der Waals surface area contributed by atoms with E-state index in [2.05, 4.69) is 96.2 Å². The molecule has 37 heteroatoms. The fraction of sp³-hybridized carbons (Fsp3) is 0.320. The molecule has 0 bridgehead atoms. The Kier molecular flexibility index (Phi) is 34.7. The zero-order valence-electron chi connectivity index (χ0n) is 76.1. The number of carbonyl (C=O) groups excluding carboxylic acids is 9. The van der Waals surface area contributed by atoms with Crippen molar-refractivity contribution in [3.63, 3.8) is 0 Å². The van der Waals surface area contributed by atoms with Crippen molar-refractivity contribution in [1.82, 2.24) is 41.8 Å². The fourth-order valence-electron chi connectivity index (χ4n) is 17.1. The summed E-state index contributed by atoms with van der Waals surface area (Å²) in [7, 11) is 0. The van der Waals surface area contributed by atoms with Gasteiger partial charge in [-0.15, -0.1) is 10.2 Å². The number of hydrogen-bond donors (Lipinski definition) is 10. The molecule has 27 nitrogen and oxygen atoms in total. The molecule has 5 aliphatic heterocycles. The molecule has 18 rings (SSSR count). The summed E-state index contributed by atoms with van der Waals surface area (Å²) in [5.41, 5.74) is 11.6. The van der Waals surface area contributed by atoms with Crippen molar-refractivity contribution in [2.24, 2.45) is 0 Å². The summed E-state index contributed by atoms with van der Waals surface area (Å²) in [5, 5.41) is 67.1. The maximum atomic E-state index is 14.4. The van der Waals surface area contributed by atoms with Crippen LogP contribution in [0.15, 0.2) is 159 Å². The minimum absolute atomic E-state index is 0.0433. The predicted octanol–water partition coefficient (Wildman–Crippen LogP) is 15.2. The second-order valence-electron chi connectivity index (χ2n) is 35.3. The second kappa shape index (κ2) is 46.0. The number of halogens is 10. The van der Waals surface area contributed by atoms with Crippen LogP contribution in [0, 0.1) is 39.8 Å². The minimum Gasteiger partial charge on any atom is -0.421 e. The number of carbonyl (C=O) groups is 9. The number of fused-ring (bicyclic) bond motifs is 7. The van der Waals surface area contributed by atoms with Gasteiger partial charge in [0.05, 0.1) is 86.3 Å². The number of amides is 5. The molecule has 0 radical (unpaired) electrons. The maximum absolute atomic E-state index is 14.4. The quantitative estimate of drug-likeness (QED) is 0.00775. The van der Waals surface area contributed by atoms with E-state index in [9.17, 15) is 65.1 Å². The Balaban J connectivity index is 0.000000139. The van der Waals surface area contributed by atoms with Gasteiger partial charge in [-0.2, -0.15) is 0 Å². The van der Waals surface area contributed by atoms with Gasteiger partial charge in [-0.25, -0.2) is 26.9 Å². The molecule has 7 aliphatic rings. The molecule has 140 heavy (non-hydrogen) atoms. The minimum atomic E-state index is -0.602. The highest BCUT2D eigenvalue weighted by Crippen LogP contribution is 2.52. The first-order chi connectivity index (χ1) is 66.9. The first-order valence-corrected chi connectivity index (χ1v) is 49.5. The van der Waals surface area contributed by atoms with Crippen LogP contribution in [0.25, 0.3) is 11.5 Å². The van der Waals surface area contributed by atoms with Gasteiger partial charge >= 0.3 is 0 Å². The Hall–Kier alpha value is -10.3. The number of ether oxygens (including phenoxy) is 4. The van der Waals surface area contributed by atoms with Crippen molar-refractivity contribution in [3.8, 4) is 11.5 Å². The van der Waals surface area contributed by atoms with E-state index >= 15 is 0 Å². The third-order valence-corrected chi connectivity index (χ3v) is 27.5. The van der Waals surface area contributed by atoms with Gasteiger partial charge in [0.1, 0.15) is 61.2 Å². The lowest BCUT2D eigenvalue weighted by atomic mass is 9.87. The molecular weight excluding hydrogens is 2290 g/mol. The normalized spacial score (nSPS) is 14.9. The standard InChI is InChI=1S/C21H19BrFNO4.C21H21BrFNO4.C21H21FINO4.C20H17FIN3O3.C20H18FIN2O4/c22-14-2-1-12(18(23)9-14)7-13-8-16-17(21(3-4-21)24-20(16)27)10-15(13)19(26)11-28-6-5-25;1-21(2)17-10-15(19(26)11-28-6-5-25)13(8-16(17)20(27)24-21)7-12-3-4-14(22)9-18(12)23;1-21(2)17-10-15(19(26)11-28-6-5-25)13(8-16(17)20(27)24-21)7-12-3-4-14(23)9-18(12)22;21-17-9-14(22)4-3-11(17)6-12-7-15-13(10-23-19(15)27)8-16(12)20-25-24-18(28-20)2-1-5-26;21-15-9-13(22)2-1-11(15)7-12-8-14-18(20(3-4-20)24-19(14)27)23-17(12)16(26)10-28-6-5-25/h1-2,8-10,25H,3-7,11H2,(H,24,27);2*3-4,8-10,25H,5-7,11H2,1-2H3,(H,24,27);3-4,7-9,26H,1-2,5-6,10H2,(H,23,27);1-2,8-9,25H,3-7,10H2,(H,24,27). The molecule has 9 aromatic carbocycles. The number of aromatic nitrogens is 3. The van der Waals surface area contributed by atoms with E-state index < -0.39 is 22.4 Å². The zero-order valence-corrected chi connectivity index (χ0v) is 85.8. The molecule has 2 aromatic heterocycles. The number of benzene rings is 9. The molecule has 10 N–H and O–H groups in total. The lowest BCUT2D eigenvalue weighted by molar-refractivity contribution is 0.0654. The van der Waals surface area contributed by atoms with Gasteiger partial charge in [-0.05, 0) is 321 Å². The van der Waals surface area contributed by atoms with E-state index in [0.29, 0.717) is 152 Å². The number of Topliss-reactive ketones (excluding diaryl/α,β-unsaturated/α-hetero) is 4. The third-order valence-electron chi connectivity index (χ3n) is 24.5. The van der Waals surface area contributed by atoms with Gasteiger partial charge in [-0.3, -0.25) is 43.2 Å². The average molecular weight is 2390 g/mol. The highest BCUT2D eigenvalue weighted by Gasteiger charge is 2.55. The molecule has 0 unspecified atom stereocenters. The largest absolute Gasteiger partial charge is 0.421 e. The lowest BCUT2D eigenvalue weighted by Crippen LogP contribution is -2.32. The SMILES string of the molecule is CC1(C)NC(=O)c2cc(Cc3ccc(Br)cc3F)c(C(=O)COCCO)cc21.CC1(C)NC(=O)c2cc(Cc3ccc(I)cc3F)c(C(=O)COCCO)cc21.O=C(COCCO)c1cc2c(cc1Cc1ccc(Br)cc1F)C(=O)NC21CC1.O=C1NC2(CC2)c2nc(C(=O)COCCO)c(Cc3ccc(I)cc3F)cc21.O=C1NCc2cc(-c3nnc(CCCO)o3)c(Cc3ccc(I)cc3F)cc21. The number of aliphatic hydroxyl groups is 5. The molecule has 2 spiro atoms. The topological polar surface area (TPSA) is 404 Å². The first kappa shape index (κ1) is 106. The number of nitrogens with one attached hydrogen (secondary N) is 5. The molecule has 5 amide bonds. The van der Waals surface area contributed by atoms with E-state index in [1.807, 2.05) is 85.0 Å². The number of aryl methyl sites for hydroxylation is 1. The van der Waals surface area contributed by atoms with Crippen molar-refractivity contribution in [2.75, 3.05) is 85.9 Å². The Morgan fingerprint density at radius 3 is 1.17 bits per heavy atom.